The van der Waals surface area contributed by atoms with E-state index in [2.05, 4.69) is 16.4 Å². The van der Waals surface area contributed by atoms with Crippen molar-refractivity contribution in [3.05, 3.63) is 60.3 Å². The summed E-state index contributed by atoms with van der Waals surface area (Å²) < 4.78 is 0. The SMILES string of the molecule is N#CC12C=CC(C(=O)N3Cc4cccnc4Nc4ccccc43)(CC1)CC2. The summed E-state index contributed by atoms with van der Waals surface area (Å²) in [7, 11) is 0. The van der Waals surface area contributed by atoms with Crippen LogP contribution >= 0.6 is 0 Å². The van der Waals surface area contributed by atoms with Gasteiger partial charge in [0.05, 0.1) is 34.8 Å². The van der Waals surface area contributed by atoms with Gasteiger partial charge in [-0.3, -0.25) is 4.79 Å². The van der Waals surface area contributed by atoms with Crippen molar-refractivity contribution in [1.82, 2.24) is 4.98 Å². The number of amides is 1. The fourth-order valence-electron chi connectivity index (χ4n) is 4.56. The van der Waals surface area contributed by atoms with Crippen molar-refractivity contribution in [1.29, 1.82) is 5.26 Å². The third kappa shape index (κ3) is 2.37. The molecule has 5 heteroatoms. The van der Waals surface area contributed by atoms with Gasteiger partial charge in [0, 0.05) is 11.8 Å². The fourth-order valence-corrected chi connectivity index (χ4v) is 4.56. The minimum Gasteiger partial charge on any atom is -0.338 e. The van der Waals surface area contributed by atoms with Crippen molar-refractivity contribution in [2.45, 2.75) is 32.2 Å². The van der Waals surface area contributed by atoms with Gasteiger partial charge in [-0.15, -0.1) is 0 Å². The van der Waals surface area contributed by atoms with Crippen LogP contribution in [-0.4, -0.2) is 10.9 Å². The minimum atomic E-state index is -0.502. The Morgan fingerprint density at radius 3 is 2.67 bits per heavy atom. The fraction of sp³-hybridized carbons (Fsp3) is 0.318. The molecule has 0 atom stereocenters. The van der Waals surface area contributed by atoms with Crippen LogP contribution in [0.5, 0.6) is 0 Å². The number of pyridine rings is 1. The Morgan fingerprint density at radius 1 is 1.11 bits per heavy atom. The monoisotopic (exact) mass is 356 g/mol. The van der Waals surface area contributed by atoms with Crippen LogP contribution in [0.3, 0.4) is 0 Å². The van der Waals surface area contributed by atoms with Gasteiger partial charge < -0.3 is 10.2 Å². The summed E-state index contributed by atoms with van der Waals surface area (Å²) in [6, 6.07) is 14.2. The van der Waals surface area contributed by atoms with Gasteiger partial charge in [0.2, 0.25) is 5.91 Å². The summed E-state index contributed by atoms with van der Waals surface area (Å²) in [5.74, 6) is 0.917. The maximum atomic E-state index is 13.8. The lowest BCUT2D eigenvalue weighted by Crippen LogP contribution is -2.48. The largest absolute Gasteiger partial charge is 0.338 e. The molecule has 2 heterocycles. The van der Waals surface area contributed by atoms with Gasteiger partial charge in [0.15, 0.2) is 0 Å². The van der Waals surface area contributed by atoms with E-state index in [4.69, 9.17) is 0 Å². The van der Waals surface area contributed by atoms with E-state index in [1.165, 1.54) is 0 Å². The summed E-state index contributed by atoms with van der Waals surface area (Å²) in [6.45, 7) is 0.491. The molecule has 134 valence electrons. The van der Waals surface area contributed by atoms with Gasteiger partial charge in [-0.1, -0.05) is 30.4 Å². The second-order valence-corrected chi connectivity index (χ2v) is 7.80. The van der Waals surface area contributed by atoms with Crippen LogP contribution in [0.15, 0.2) is 54.7 Å². The van der Waals surface area contributed by atoms with Crippen LogP contribution in [0.2, 0.25) is 0 Å². The number of fused-ring (bicyclic) bond motifs is 4. The van der Waals surface area contributed by atoms with E-state index in [-0.39, 0.29) is 11.3 Å². The first-order chi connectivity index (χ1) is 13.1. The van der Waals surface area contributed by atoms with Crippen LogP contribution < -0.4 is 10.2 Å². The lowest BCUT2D eigenvalue weighted by atomic mass is 9.58. The van der Waals surface area contributed by atoms with E-state index in [0.29, 0.717) is 6.54 Å². The number of nitrogens with zero attached hydrogens (tertiary/aromatic N) is 3. The Labute approximate surface area is 158 Å². The number of carbonyl (C=O) groups is 1. The van der Waals surface area contributed by atoms with Crippen LogP contribution in [-0.2, 0) is 11.3 Å². The molecule has 0 radical (unpaired) electrons. The van der Waals surface area contributed by atoms with E-state index in [0.717, 1.165) is 48.4 Å². The molecule has 1 aliphatic heterocycles. The van der Waals surface area contributed by atoms with Crippen molar-refractivity contribution < 1.29 is 4.79 Å². The normalized spacial score (nSPS) is 27.7. The zero-order valence-corrected chi connectivity index (χ0v) is 15.0. The zero-order chi connectivity index (χ0) is 18.5. The van der Waals surface area contributed by atoms with Gasteiger partial charge in [-0.05, 0) is 43.9 Å². The van der Waals surface area contributed by atoms with Crippen molar-refractivity contribution in [3.63, 3.8) is 0 Å². The molecular formula is C22H20N4O. The standard InChI is InChI=1S/C22H20N4O/c23-15-21-7-10-22(11-8-21,12-9-21)20(27)26-14-16-4-3-13-24-19(16)25-17-5-1-2-6-18(17)26/h1-7,10,13H,8-9,11-12,14H2,(H,24,25). The molecule has 0 saturated heterocycles. The molecule has 0 spiro atoms. The molecule has 6 rings (SSSR count). The average Bonchev–Trinajstić information content (AvgIpc) is 2.91. The number of aromatic nitrogens is 1. The van der Waals surface area contributed by atoms with E-state index in [1.807, 2.05) is 53.5 Å². The van der Waals surface area contributed by atoms with Crippen LogP contribution in [0.25, 0.3) is 0 Å². The number of allylic oxidation sites excluding steroid dienone is 1. The van der Waals surface area contributed by atoms with E-state index in [9.17, 15) is 10.1 Å². The number of nitrogens with one attached hydrogen (secondary N) is 1. The first-order valence-corrected chi connectivity index (χ1v) is 9.38. The first kappa shape index (κ1) is 16.1. The first-order valence-electron chi connectivity index (χ1n) is 9.38. The molecule has 5 nitrogen and oxygen atoms in total. The molecule has 2 aromatic rings. The van der Waals surface area contributed by atoms with Crippen molar-refractivity contribution >= 4 is 23.1 Å². The number of para-hydroxylation sites is 2. The summed E-state index contributed by atoms with van der Waals surface area (Å²) >= 11 is 0. The Bertz CT molecular complexity index is 995. The number of benzene rings is 1. The van der Waals surface area contributed by atoms with Gasteiger partial charge in [-0.2, -0.15) is 5.26 Å². The number of hydrogen-bond acceptors (Lipinski definition) is 4. The molecule has 1 amide bonds. The average molecular weight is 356 g/mol. The second-order valence-electron chi connectivity index (χ2n) is 7.80. The highest BCUT2D eigenvalue weighted by atomic mass is 16.2. The summed E-state index contributed by atoms with van der Waals surface area (Å²) in [6.07, 6.45) is 8.75. The molecule has 1 aromatic carbocycles. The minimum absolute atomic E-state index is 0.121. The highest BCUT2D eigenvalue weighted by molar-refractivity contribution is 6.02. The number of anilines is 3. The van der Waals surface area contributed by atoms with Crippen molar-refractivity contribution in [2.24, 2.45) is 10.8 Å². The van der Waals surface area contributed by atoms with Crippen LogP contribution in [0, 0.1) is 22.2 Å². The predicted molar refractivity (Wildman–Crippen MR) is 103 cm³/mol. The van der Waals surface area contributed by atoms with E-state index >= 15 is 0 Å². The van der Waals surface area contributed by atoms with Gasteiger partial charge in [0.25, 0.3) is 0 Å². The topological polar surface area (TPSA) is 69.0 Å². The molecule has 0 unspecified atom stereocenters. The number of hydrogen-bond donors (Lipinski definition) is 1. The summed E-state index contributed by atoms with van der Waals surface area (Å²) in [5.41, 5.74) is 1.91. The molecule has 1 saturated carbocycles. The number of carbonyl (C=O) groups excluding carboxylic acids is 1. The molecule has 1 fully saturated rings. The summed E-state index contributed by atoms with van der Waals surface area (Å²) in [4.78, 5) is 20.1. The third-order valence-corrected chi connectivity index (χ3v) is 6.32. The smallest absolute Gasteiger partial charge is 0.237 e. The summed E-state index contributed by atoms with van der Waals surface area (Å²) in [5, 5.41) is 12.9. The molecule has 27 heavy (non-hydrogen) atoms. The number of rotatable bonds is 1. The molecule has 1 N–H and O–H groups in total. The van der Waals surface area contributed by atoms with Crippen molar-refractivity contribution in [2.75, 3.05) is 10.2 Å². The Morgan fingerprint density at radius 2 is 1.93 bits per heavy atom. The quantitative estimate of drug-likeness (QED) is 0.773. The number of nitriles is 1. The van der Waals surface area contributed by atoms with Gasteiger partial charge >= 0.3 is 0 Å². The Hall–Kier alpha value is -3.13. The molecule has 2 bridgehead atoms. The maximum absolute atomic E-state index is 13.8. The zero-order valence-electron chi connectivity index (χ0n) is 15.0. The molecular weight excluding hydrogens is 336 g/mol. The predicted octanol–water partition coefficient (Wildman–Crippen LogP) is 4.31. The second kappa shape index (κ2) is 5.68. The lowest BCUT2D eigenvalue weighted by molar-refractivity contribution is -0.128. The van der Waals surface area contributed by atoms with Crippen molar-refractivity contribution in [3.8, 4) is 6.07 Å². The molecule has 4 aliphatic rings. The van der Waals surface area contributed by atoms with Crippen LogP contribution in [0.4, 0.5) is 17.2 Å². The highest BCUT2D eigenvalue weighted by Crippen LogP contribution is 2.53. The van der Waals surface area contributed by atoms with E-state index in [1.54, 1.807) is 6.20 Å². The van der Waals surface area contributed by atoms with Gasteiger partial charge in [0.1, 0.15) is 5.82 Å². The third-order valence-electron chi connectivity index (χ3n) is 6.32. The lowest BCUT2D eigenvalue weighted by Gasteiger charge is -2.46. The Kier molecular flexibility index (Phi) is 3.38. The Balaban J connectivity index is 1.58. The van der Waals surface area contributed by atoms with Gasteiger partial charge in [-0.25, -0.2) is 4.98 Å². The van der Waals surface area contributed by atoms with Crippen LogP contribution in [0.1, 0.15) is 31.2 Å². The highest BCUT2D eigenvalue weighted by Gasteiger charge is 2.50. The maximum Gasteiger partial charge on any atom is 0.237 e. The van der Waals surface area contributed by atoms with E-state index < -0.39 is 5.41 Å². The molecule has 1 aromatic heterocycles. The molecule has 3 aliphatic carbocycles.